The molecule has 1 aliphatic heterocycles. The van der Waals surface area contributed by atoms with Gasteiger partial charge in [0.25, 0.3) is 0 Å². The summed E-state index contributed by atoms with van der Waals surface area (Å²) < 4.78 is 10.1. The highest BCUT2D eigenvalue weighted by Crippen LogP contribution is 2.06. The number of hydrogen-bond donors (Lipinski definition) is 2. The van der Waals surface area contributed by atoms with Gasteiger partial charge in [-0.05, 0) is 6.07 Å². The van der Waals surface area contributed by atoms with Crippen LogP contribution in [0.5, 0.6) is 5.88 Å². The Morgan fingerprint density at radius 1 is 1.40 bits per heavy atom. The van der Waals surface area contributed by atoms with Crippen LogP contribution in [0.3, 0.4) is 0 Å². The van der Waals surface area contributed by atoms with Gasteiger partial charge in [0.15, 0.2) is 5.82 Å². The summed E-state index contributed by atoms with van der Waals surface area (Å²) >= 11 is 0. The van der Waals surface area contributed by atoms with Gasteiger partial charge in [-0.2, -0.15) is 0 Å². The number of urea groups is 1. The van der Waals surface area contributed by atoms with Crippen LogP contribution in [-0.4, -0.2) is 67.6 Å². The number of rotatable bonds is 5. The van der Waals surface area contributed by atoms with E-state index in [0.29, 0.717) is 18.2 Å². The van der Waals surface area contributed by atoms with Crippen molar-refractivity contribution in [2.75, 3.05) is 51.8 Å². The number of methoxy groups -OCH3 is 1. The number of carbonyl (C=O) groups is 1. The lowest BCUT2D eigenvalue weighted by molar-refractivity contribution is 0.0388. The van der Waals surface area contributed by atoms with E-state index in [2.05, 4.69) is 25.7 Å². The normalized spacial score (nSPS) is 15.7. The number of nitrogens with one attached hydrogen (secondary N) is 2. The fourth-order valence-corrected chi connectivity index (χ4v) is 1.81. The molecule has 2 rings (SSSR count). The number of amides is 2. The van der Waals surface area contributed by atoms with Crippen LogP contribution in [0.2, 0.25) is 0 Å². The Morgan fingerprint density at radius 3 is 2.85 bits per heavy atom. The summed E-state index contributed by atoms with van der Waals surface area (Å²) in [6.45, 7) is 4.72. The van der Waals surface area contributed by atoms with E-state index >= 15 is 0 Å². The van der Waals surface area contributed by atoms with E-state index < -0.39 is 0 Å². The summed E-state index contributed by atoms with van der Waals surface area (Å²) in [6, 6.07) is 2.97. The molecule has 8 heteroatoms. The van der Waals surface area contributed by atoms with Crippen molar-refractivity contribution in [2.24, 2.45) is 0 Å². The maximum absolute atomic E-state index is 11.6. The number of hydrogen-bond acceptors (Lipinski definition) is 6. The zero-order valence-corrected chi connectivity index (χ0v) is 11.5. The van der Waals surface area contributed by atoms with Gasteiger partial charge in [0.2, 0.25) is 5.88 Å². The minimum atomic E-state index is -0.294. The molecular formula is C12H19N5O3. The second-order valence-corrected chi connectivity index (χ2v) is 4.30. The first kappa shape index (κ1) is 14.5. The summed E-state index contributed by atoms with van der Waals surface area (Å²) in [5.74, 6) is 0.790. The zero-order valence-electron chi connectivity index (χ0n) is 11.5. The lowest BCUT2D eigenvalue weighted by Gasteiger charge is -2.26. The second-order valence-electron chi connectivity index (χ2n) is 4.30. The number of ether oxygens (including phenoxy) is 2. The lowest BCUT2D eigenvalue weighted by Crippen LogP contribution is -2.42. The first-order valence-corrected chi connectivity index (χ1v) is 6.50. The number of aromatic nitrogens is 2. The zero-order chi connectivity index (χ0) is 14.2. The number of morpholine rings is 1. The molecule has 1 fully saturated rings. The highest BCUT2D eigenvalue weighted by atomic mass is 16.5. The van der Waals surface area contributed by atoms with Crippen molar-refractivity contribution in [1.82, 2.24) is 20.4 Å². The van der Waals surface area contributed by atoms with Crippen molar-refractivity contribution in [2.45, 2.75) is 0 Å². The van der Waals surface area contributed by atoms with E-state index in [1.807, 2.05) is 0 Å². The third kappa shape index (κ3) is 4.63. The minimum Gasteiger partial charge on any atom is -0.480 e. The molecule has 2 heterocycles. The maximum atomic E-state index is 11.6. The summed E-state index contributed by atoms with van der Waals surface area (Å²) in [5, 5.41) is 13.0. The van der Waals surface area contributed by atoms with Crippen LogP contribution < -0.4 is 15.4 Å². The lowest BCUT2D eigenvalue weighted by atomic mass is 10.4. The van der Waals surface area contributed by atoms with Crippen molar-refractivity contribution in [3.05, 3.63) is 12.1 Å². The van der Waals surface area contributed by atoms with E-state index in [1.165, 1.54) is 7.11 Å². The molecule has 0 atom stereocenters. The Bertz CT molecular complexity index is 420. The number of anilines is 1. The van der Waals surface area contributed by atoms with Gasteiger partial charge in [-0.3, -0.25) is 10.2 Å². The molecule has 1 aliphatic rings. The van der Waals surface area contributed by atoms with Crippen molar-refractivity contribution >= 4 is 11.8 Å². The summed E-state index contributed by atoms with van der Waals surface area (Å²) in [5.41, 5.74) is 0. The fraction of sp³-hybridized carbons (Fsp3) is 0.583. The molecule has 1 aromatic heterocycles. The molecule has 0 bridgehead atoms. The molecule has 8 nitrogen and oxygen atoms in total. The topological polar surface area (TPSA) is 88.6 Å². The molecule has 2 amide bonds. The van der Waals surface area contributed by atoms with Crippen LogP contribution in [0.15, 0.2) is 12.1 Å². The van der Waals surface area contributed by atoms with Crippen LogP contribution in [0.1, 0.15) is 0 Å². The Balaban J connectivity index is 1.66. The quantitative estimate of drug-likeness (QED) is 0.786. The minimum absolute atomic E-state index is 0.294. The summed E-state index contributed by atoms with van der Waals surface area (Å²) in [6.07, 6.45) is 0. The van der Waals surface area contributed by atoms with Gasteiger partial charge in [0.1, 0.15) is 0 Å². The van der Waals surface area contributed by atoms with Gasteiger partial charge < -0.3 is 14.8 Å². The Morgan fingerprint density at radius 2 is 2.20 bits per heavy atom. The molecule has 0 aromatic carbocycles. The Labute approximate surface area is 117 Å². The highest BCUT2D eigenvalue weighted by Gasteiger charge is 2.10. The van der Waals surface area contributed by atoms with Crippen LogP contribution in [0.4, 0.5) is 10.6 Å². The first-order chi connectivity index (χ1) is 9.78. The summed E-state index contributed by atoms with van der Waals surface area (Å²) in [7, 11) is 1.51. The predicted octanol–water partition coefficient (Wildman–Crippen LogP) is -0.0611. The van der Waals surface area contributed by atoms with Crippen LogP contribution in [-0.2, 0) is 4.74 Å². The molecule has 0 saturated carbocycles. The van der Waals surface area contributed by atoms with E-state index in [4.69, 9.17) is 9.47 Å². The van der Waals surface area contributed by atoms with Crippen molar-refractivity contribution in [3.8, 4) is 5.88 Å². The number of nitrogens with zero attached hydrogens (tertiary/aromatic N) is 3. The highest BCUT2D eigenvalue weighted by molar-refractivity contribution is 5.88. The van der Waals surface area contributed by atoms with Gasteiger partial charge >= 0.3 is 6.03 Å². The molecular weight excluding hydrogens is 262 g/mol. The van der Waals surface area contributed by atoms with Crippen LogP contribution >= 0.6 is 0 Å². The monoisotopic (exact) mass is 281 g/mol. The maximum Gasteiger partial charge on any atom is 0.320 e. The molecule has 0 radical (unpaired) electrons. The predicted molar refractivity (Wildman–Crippen MR) is 72.9 cm³/mol. The first-order valence-electron chi connectivity index (χ1n) is 6.50. The molecule has 1 aromatic rings. The SMILES string of the molecule is COc1ccc(NC(=O)NCCN2CCOCC2)nn1. The molecule has 110 valence electrons. The van der Waals surface area contributed by atoms with Crippen molar-refractivity contribution in [1.29, 1.82) is 0 Å². The third-order valence-corrected chi connectivity index (χ3v) is 2.91. The standard InChI is InChI=1S/C12H19N5O3/c1-19-11-3-2-10(15-16-11)14-12(18)13-4-5-17-6-8-20-9-7-17/h2-3H,4-9H2,1H3,(H2,13,14,15,18). The molecule has 1 saturated heterocycles. The van der Waals surface area contributed by atoms with Crippen molar-refractivity contribution in [3.63, 3.8) is 0 Å². The van der Waals surface area contributed by atoms with Crippen molar-refractivity contribution < 1.29 is 14.3 Å². The van der Waals surface area contributed by atoms with Crippen LogP contribution in [0.25, 0.3) is 0 Å². The van der Waals surface area contributed by atoms with Gasteiger partial charge in [0.05, 0.1) is 20.3 Å². The van der Waals surface area contributed by atoms with Crippen LogP contribution in [0, 0.1) is 0 Å². The van der Waals surface area contributed by atoms with E-state index in [9.17, 15) is 4.79 Å². The average Bonchev–Trinajstić information content (AvgIpc) is 2.49. The average molecular weight is 281 g/mol. The third-order valence-electron chi connectivity index (χ3n) is 2.91. The number of carbonyl (C=O) groups excluding carboxylic acids is 1. The molecule has 0 aliphatic carbocycles. The van der Waals surface area contributed by atoms with Gasteiger partial charge in [0, 0.05) is 32.2 Å². The molecule has 2 N–H and O–H groups in total. The second kappa shape index (κ2) is 7.61. The summed E-state index contributed by atoms with van der Waals surface area (Å²) in [4.78, 5) is 13.9. The fourth-order valence-electron chi connectivity index (χ4n) is 1.81. The molecule has 0 unspecified atom stereocenters. The molecule has 20 heavy (non-hydrogen) atoms. The Kier molecular flexibility index (Phi) is 5.51. The largest absolute Gasteiger partial charge is 0.480 e. The van der Waals surface area contributed by atoms with Gasteiger partial charge in [-0.25, -0.2) is 4.79 Å². The van der Waals surface area contributed by atoms with E-state index in [1.54, 1.807) is 12.1 Å². The van der Waals surface area contributed by atoms with E-state index in [-0.39, 0.29) is 6.03 Å². The van der Waals surface area contributed by atoms with E-state index in [0.717, 1.165) is 32.8 Å². The Hall–Kier alpha value is -1.93. The van der Waals surface area contributed by atoms with Gasteiger partial charge in [-0.15, -0.1) is 10.2 Å². The smallest absolute Gasteiger partial charge is 0.320 e. The molecule has 0 spiro atoms. The van der Waals surface area contributed by atoms with Gasteiger partial charge in [-0.1, -0.05) is 0 Å².